The first kappa shape index (κ1) is 8.67. The predicted molar refractivity (Wildman–Crippen MR) is 45.3 cm³/mol. The molecule has 12 heavy (non-hydrogen) atoms. The normalized spacial score (nSPS) is 10.4. The summed E-state index contributed by atoms with van der Waals surface area (Å²) in [6, 6.07) is 1.59. The summed E-state index contributed by atoms with van der Waals surface area (Å²) in [5.41, 5.74) is 0.610. The molecule has 1 aromatic rings. The Morgan fingerprint density at radius 1 is 1.58 bits per heavy atom. The van der Waals surface area contributed by atoms with Crippen LogP contribution < -0.4 is 0 Å². The molecule has 0 aliphatic carbocycles. The van der Waals surface area contributed by atoms with E-state index in [0.717, 1.165) is 6.20 Å². The zero-order valence-electron chi connectivity index (χ0n) is 5.98. The second kappa shape index (κ2) is 3.82. The Labute approximate surface area is 73.6 Å². The van der Waals surface area contributed by atoms with Crippen LogP contribution in [0.1, 0.15) is 5.56 Å². The summed E-state index contributed by atoms with van der Waals surface area (Å²) in [6.45, 7) is 0. The Morgan fingerprint density at radius 2 is 2.33 bits per heavy atom. The van der Waals surface area contributed by atoms with Gasteiger partial charge in [0.2, 0.25) is 6.20 Å². The summed E-state index contributed by atoms with van der Waals surface area (Å²) in [5.74, 6) is 0. The molecule has 0 fully saturated rings. The largest absolute Gasteiger partial charge is 0.263 e. The summed E-state index contributed by atoms with van der Waals surface area (Å²) in [4.78, 5) is 13.1. The molecule has 1 aromatic heterocycles. The number of nitrogens with zero attached hydrogens (tertiary/aromatic N) is 2. The standard InChI is InChI=1S/C7H5ClN2O2/c8-7-3-6(4-9-5-7)1-2-10(11)12/h1-5H/b2-1+. The Morgan fingerprint density at radius 3 is 2.92 bits per heavy atom. The summed E-state index contributed by atoms with van der Waals surface area (Å²) >= 11 is 5.59. The molecule has 1 rings (SSSR count). The van der Waals surface area contributed by atoms with Gasteiger partial charge >= 0.3 is 0 Å². The van der Waals surface area contributed by atoms with Crippen molar-refractivity contribution in [3.05, 3.63) is 45.4 Å². The predicted octanol–water partition coefficient (Wildman–Crippen LogP) is 1.98. The number of nitro groups is 1. The molecular formula is C7H5ClN2O2. The van der Waals surface area contributed by atoms with E-state index in [1.165, 1.54) is 18.5 Å². The van der Waals surface area contributed by atoms with Crippen molar-refractivity contribution in [1.82, 2.24) is 4.98 Å². The highest BCUT2D eigenvalue weighted by Gasteiger charge is 1.91. The van der Waals surface area contributed by atoms with Gasteiger partial charge < -0.3 is 0 Å². The number of rotatable bonds is 2. The van der Waals surface area contributed by atoms with E-state index in [4.69, 9.17) is 11.6 Å². The summed E-state index contributed by atoms with van der Waals surface area (Å²) in [6.07, 6.45) is 5.13. The first-order valence-electron chi connectivity index (χ1n) is 3.11. The van der Waals surface area contributed by atoms with Crippen molar-refractivity contribution in [2.45, 2.75) is 0 Å². The third-order valence-corrected chi connectivity index (χ3v) is 1.32. The molecule has 0 bridgehead atoms. The summed E-state index contributed by atoms with van der Waals surface area (Å²) in [7, 11) is 0. The van der Waals surface area contributed by atoms with Crippen molar-refractivity contribution in [2.24, 2.45) is 0 Å². The lowest BCUT2D eigenvalue weighted by molar-refractivity contribution is -0.400. The van der Waals surface area contributed by atoms with Gasteiger partial charge in [0.05, 0.1) is 9.95 Å². The number of pyridine rings is 1. The van der Waals surface area contributed by atoms with Gasteiger partial charge in [0, 0.05) is 24.0 Å². The molecule has 0 atom stereocenters. The lowest BCUT2D eigenvalue weighted by atomic mass is 10.3. The average Bonchev–Trinajstić information content (AvgIpc) is 2.01. The average molecular weight is 185 g/mol. The molecule has 0 spiro atoms. The van der Waals surface area contributed by atoms with Crippen molar-refractivity contribution >= 4 is 17.7 Å². The van der Waals surface area contributed by atoms with E-state index in [9.17, 15) is 10.1 Å². The number of halogens is 1. The second-order valence-electron chi connectivity index (χ2n) is 2.04. The Kier molecular flexibility index (Phi) is 2.76. The first-order chi connectivity index (χ1) is 5.68. The molecule has 0 aliphatic rings. The highest BCUT2D eigenvalue weighted by molar-refractivity contribution is 6.30. The second-order valence-corrected chi connectivity index (χ2v) is 2.47. The highest BCUT2D eigenvalue weighted by Crippen LogP contribution is 2.09. The molecule has 0 aliphatic heterocycles. The first-order valence-corrected chi connectivity index (χ1v) is 3.48. The van der Waals surface area contributed by atoms with Crippen molar-refractivity contribution in [3.63, 3.8) is 0 Å². The van der Waals surface area contributed by atoms with Gasteiger partial charge in [0.1, 0.15) is 0 Å². The molecule has 0 unspecified atom stereocenters. The molecule has 4 nitrogen and oxygen atoms in total. The van der Waals surface area contributed by atoms with Crippen molar-refractivity contribution in [2.75, 3.05) is 0 Å². The van der Waals surface area contributed by atoms with Gasteiger partial charge in [-0.3, -0.25) is 15.1 Å². The molecule has 0 aromatic carbocycles. The summed E-state index contributed by atoms with van der Waals surface area (Å²) in [5, 5.41) is 10.4. The fourth-order valence-electron chi connectivity index (χ4n) is 0.666. The van der Waals surface area contributed by atoms with Crippen LogP contribution >= 0.6 is 11.6 Å². The van der Waals surface area contributed by atoms with Gasteiger partial charge in [-0.2, -0.15) is 0 Å². The minimum absolute atomic E-state index is 0.459. The van der Waals surface area contributed by atoms with Crippen LogP contribution in [-0.2, 0) is 0 Å². The third-order valence-electron chi connectivity index (χ3n) is 1.11. The minimum atomic E-state index is -0.541. The molecule has 62 valence electrons. The van der Waals surface area contributed by atoms with E-state index in [2.05, 4.69) is 4.98 Å². The maximum atomic E-state index is 9.92. The minimum Gasteiger partial charge on any atom is -0.263 e. The van der Waals surface area contributed by atoms with E-state index in [0.29, 0.717) is 10.6 Å². The van der Waals surface area contributed by atoms with Crippen molar-refractivity contribution < 1.29 is 4.92 Å². The smallest absolute Gasteiger partial charge is 0.235 e. The number of hydrogen-bond acceptors (Lipinski definition) is 3. The van der Waals surface area contributed by atoms with E-state index >= 15 is 0 Å². The molecule has 0 radical (unpaired) electrons. The number of hydrogen-bond donors (Lipinski definition) is 0. The van der Waals surface area contributed by atoms with Crippen molar-refractivity contribution in [1.29, 1.82) is 0 Å². The SMILES string of the molecule is O=[N+]([O-])/C=C/c1cncc(Cl)c1. The molecule has 5 heteroatoms. The van der Waals surface area contributed by atoms with Crippen LogP contribution in [0.15, 0.2) is 24.7 Å². The van der Waals surface area contributed by atoms with Crippen LogP contribution in [-0.4, -0.2) is 9.91 Å². The molecule has 0 N–H and O–H groups in total. The van der Waals surface area contributed by atoms with Crippen LogP contribution in [0.2, 0.25) is 5.02 Å². The fraction of sp³-hybridized carbons (Fsp3) is 0. The summed E-state index contributed by atoms with van der Waals surface area (Å²) < 4.78 is 0. The lowest BCUT2D eigenvalue weighted by Gasteiger charge is -1.90. The molecule has 1 heterocycles. The van der Waals surface area contributed by atoms with Gasteiger partial charge in [-0.15, -0.1) is 0 Å². The topological polar surface area (TPSA) is 56.0 Å². The Bertz CT molecular complexity index is 325. The maximum absolute atomic E-state index is 9.92. The lowest BCUT2D eigenvalue weighted by Crippen LogP contribution is -1.83. The fourth-order valence-corrected chi connectivity index (χ4v) is 0.849. The molecule has 0 amide bonds. The Balaban J connectivity index is 2.83. The van der Waals surface area contributed by atoms with Crippen LogP contribution in [0.5, 0.6) is 0 Å². The third kappa shape index (κ3) is 2.67. The van der Waals surface area contributed by atoms with E-state index in [1.54, 1.807) is 6.07 Å². The van der Waals surface area contributed by atoms with Gasteiger partial charge in [0.15, 0.2) is 0 Å². The van der Waals surface area contributed by atoms with Crippen molar-refractivity contribution in [3.8, 4) is 0 Å². The Hall–Kier alpha value is -1.42. The van der Waals surface area contributed by atoms with Crippen LogP contribution in [0, 0.1) is 10.1 Å². The van der Waals surface area contributed by atoms with Crippen LogP contribution in [0.4, 0.5) is 0 Å². The maximum Gasteiger partial charge on any atom is 0.235 e. The van der Waals surface area contributed by atoms with E-state index in [-0.39, 0.29) is 0 Å². The van der Waals surface area contributed by atoms with E-state index < -0.39 is 4.92 Å². The highest BCUT2D eigenvalue weighted by atomic mass is 35.5. The zero-order valence-corrected chi connectivity index (χ0v) is 6.73. The zero-order chi connectivity index (χ0) is 8.97. The van der Waals surface area contributed by atoms with Gasteiger partial charge in [0.25, 0.3) is 0 Å². The molecule has 0 saturated heterocycles. The van der Waals surface area contributed by atoms with E-state index in [1.807, 2.05) is 0 Å². The van der Waals surface area contributed by atoms with Gasteiger partial charge in [-0.1, -0.05) is 11.6 Å². The van der Waals surface area contributed by atoms with Crippen LogP contribution in [0.25, 0.3) is 6.08 Å². The molecular weight excluding hydrogens is 180 g/mol. The van der Waals surface area contributed by atoms with Crippen LogP contribution in [0.3, 0.4) is 0 Å². The molecule has 0 saturated carbocycles. The van der Waals surface area contributed by atoms with Gasteiger partial charge in [-0.25, -0.2) is 0 Å². The monoisotopic (exact) mass is 184 g/mol. The number of aromatic nitrogens is 1. The quantitative estimate of drug-likeness (QED) is 0.522. The van der Waals surface area contributed by atoms with Gasteiger partial charge in [-0.05, 0) is 6.07 Å².